The van der Waals surface area contributed by atoms with Gasteiger partial charge in [0.25, 0.3) is 0 Å². The number of fused-ring (bicyclic) bond motifs is 1. The van der Waals surface area contributed by atoms with Crippen LogP contribution in [0.25, 0.3) is 22.6 Å². The Kier molecular flexibility index (Phi) is 6.46. The molecule has 2 aromatic carbocycles. The summed E-state index contributed by atoms with van der Waals surface area (Å²) in [5, 5.41) is 13.4. The normalized spacial score (nSPS) is 11.0. The number of ketones is 1. The minimum Gasteiger partial charge on any atom is -0.494 e. The fourth-order valence-electron chi connectivity index (χ4n) is 3.29. The molecule has 0 fully saturated rings. The number of unbranched alkanes of at least 4 members (excludes halogenated alkanes) is 2. The van der Waals surface area contributed by atoms with Gasteiger partial charge in [-0.05, 0) is 54.8 Å². The molecule has 0 atom stereocenters. The van der Waals surface area contributed by atoms with Crippen molar-refractivity contribution in [2.75, 3.05) is 18.2 Å². The molecule has 0 unspecified atom stereocenters. The quantitative estimate of drug-likeness (QED) is 0.223. The Bertz CT molecular complexity index is 1290. The molecular weight excluding hydrogens is 434 g/mol. The molecule has 32 heavy (non-hydrogen) atoms. The Morgan fingerprint density at radius 2 is 1.94 bits per heavy atom. The smallest absolute Gasteiger partial charge is 0.242 e. The Balaban J connectivity index is 1.61. The number of alkyl halides is 1. The van der Waals surface area contributed by atoms with E-state index in [1.165, 1.54) is 0 Å². The van der Waals surface area contributed by atoms with Gasteiger partial charge < -0.3 is 14.9 Å². The summed E-state index contributed by atoms with van der Waals surface area (Å²) in [6.07, 6.45) is 2.87. The van der Waals surface area contributed by atoms with Crippen molar-refractivity contribution < 1.29 is 13.9 Å². The van der Waals surface area contributed by atoms with Crippen molar-refractivity contribution in [2.24, 2.45) is 0 Å². The summed E-state index contributed by atoms with van der Waals surface area (Å²) in [5.41, 5.74) is 6.05. The van der Waals surface area contributed by atoms with Crippen LogP contribution in [-0.2, 0) is 0 Å². The van der Waals surface area contributed by atoms with Gasteiger partial charge in [0.05, 0.1) is 12.0 Å². The zero-order valence-electron chi connectivity index (χ0n) is 17.0. The first-order valence-corrected chi connectivity index (χ1v) is 10.6. The number of aromatic amines is 1. The number of nitrogens with one attached hydrogen (secondary N) is 1. The number of tetrazole rings is 1. The molecule has 2 heterocycles. The molecule has 0 aliphatic heterocycles. The number of carbonyl (C=O) groups is 1. The number of nitrogens with zero attached hydrogens (tertiary/aromatic N) is 3. The van der Waals surface area contributed by atoms with Crippen LogP contribution in [0, 0.1) is 0 Å². The maximum absolute atomic E-state index is 13.2. The number of benzene rings is 2. The van der Waals surface area contributed by atoms with Gasteiger partial charge in [-0.15, -0.1) is 21.8 Å². The predicted octanol–water partition coefficient (Wildman–Crippen LogP) is 3.57. The van der Waals surface area contributed by atoms with Crippen LogP contribution in [0.5, 0.6) is 5.75 Å². The van der Waals surface area contributed by atoms with Gasteiger partial charge >= 0.3 is 0 Å². The van der Waals surface area contributed by atoms with E-state index >= 15 is 0 Å². The van der Waals surface area contributed by atoms with Crippen molar-refractivity contribution in [1.29, 1.82) is 0 Å². The maximum atomic E-state index is 13.2. The summed E-state index contributed by atoms with van der Waals surface area (Å²) in [5.74, 6) is 1.03. The summed E-state index contributed by atoms with van der Waals surface area (Å²) in [6, 6.07) is 11.6. The first-order valence-electron chi connectivity index (χ1n) is 10.0. The molecule has 3 N–H and O–H groups in total. The van der Waals surface area contributed by atoms with E-state index in [0.29, 0.717) is 23.8 Å². The highest BCUT2D eigenvalue weighted by Gasteiger charge is 2.21. The lowest BCUT2D eigenvalue weighted by Gasteiger charge is -2.09. The summed E-state index contributed by atoms with van der Waals surface area (Å²) in [6.45, 7) is 0.580. The molecule has 0 radical (unpaired) electrons. The van der Waals surface area contributed by atoms with Gasteiger partial charge in [0, 0.05) is 17.0 Å². The van der Waals surface area contributed by atoms with Gasteiger partial charge in [0.2, 0.25) is 17.0 Å². The van der Waals surface area contributed by atoms with Crippen molar-refractivity contribution in [3.05, 3.63) is 63.8 Å². The van der Waals surface area contributed by atoms with E-state index in [1.54, 1.807) is 42.5 Å². The largest absolute Gasteiger partial charge is 0.494 e. The first-order chi connectivity index (χ1) is 15.6. The summed E-state index contributed by atoms with van der Waals surface area (Å²) in [7, 11) is 0. The molecular formula is C22H20ClN5O4. The van der Waals surface area contributed by atoms with E-state index in [0.717, 1.165) is 19.3 Å². The molecule has 4 aromatic rings. The number of hydrogen-bond acceptors (Lipinski definition) is 8. The van der Waals surface area contributed by atoms with Crippen molar-refractivity contribution in [3.8, 4) is 17.3 Å². The van der Waals surface area contributed by atoms with Crippen LogP contribution in [0.4, 0.5) is 5.69 Å². The predicted molar refractivity (Wildman–Crippen MR) is 120 cm³/mol. The van der Waals surface area contributed by atoms with Crippen LogP contribution in [0.3, 0.4) is 0 Å². The summed E-state index contributed by atoms with van der Waals surface area (Å²) >= 11 is 5.67. The minimum atomic E-state index is -0.535. The lowest BCUT2D eigenvalue weighted by molar-refractivity contribution is 0.104. The standard InChI is InChI=1S/C22H20ClN5O4/c23-11-2-1-3-12-31-14-9-7-13(8-10-14)19(29)15-5-4-6-16-17(15)20(30)18(24)21(32-16)22-25-27-28-26-22/h4-10H,1-3,11-12,24H2,(H,25,26,27,28). The number of nitrogen functional groups attached to an aromatic ring is 1. The number of rotatable bonds is 9. The molecule has 164 valence electrons. The number of halogens is 1. The molecule has 0 saturated carbocycles. The third-order valence-corrected chi connectivity index (χ3v) is 5.18. The Labute approximate surface area is 187 Å². The van der Waals surface area contributed by atoms with E-state index in [9.17, 15) is 9.59 Å². The molecule has 2 aromatic heterocycles. The fourth-order valence-corrected chi connectivity index (χ4v) is 3.48. The van der Waals surface area contributed by atoms with Gasteiger partial charge in [-0.2, -0.15) is 5.21 Å². The topological polar surface area (TPSA) is 137 Å². The molecule has 4 rings (SSSR count). The summed E-state index contributed by atoms with van der Waals surface area (Å²) < 4.78 is 11.4. The lowest BCUT2D eigenvalue weighted by atomic mass is 9.98. The molecule has 0 aliphatic rings. The average Bonchev–Trinajstić information content (AvgIpc) is 3.35. The van der Waals surface area contributed by atoms with Crippen LogP contribution in [0.2, 0.25) is 0 Å². The summed E-state index contributed by atoms with van der Waals surface area (Å²) in [4.78, 5) is 26.2. The van der Waals surface area contributed by atoms with E-state index in [1.807, 2.05) is 0 Å². The fraction of sp³-hybridized carbons (Fsp3) is 0.227. The van der Waals surface area contributed by atoms with Crippen molar-refractivity contribution in [2.45, 2.75) is 19.3 Å². The van der Waals surface area contributed by atoms with E-state index in [2.05, 4.69) is 20.6 Å². The number of carbonyl (C=O) groups excluding carboxylic acids is 1. The van der Waals surface area contributed by atoms with E-state index in [4.69, 9.17) is 26.5 Å². The van der Waals surface area contributed by atoms with Crippen molar-refractivity contribution in [1.82, 2.24) is 20.6 Å². The number of aromatic nitrogens is 4. The van der Waals surface area contributed by atoms with Crippen molar-refractivity contribution >= 4 is 34.0 Å². The van der Waals surface area contributed by atoms with Crippen LogP contribution in [0.15, 0.2) is 51.7 Å². The van der Waals surface area contributed by atoms with E-state index < -0.39 is 5.43 Å². The SMILES string of the molecule is Nc1c(-c2nn[nH]n2)oc2cccc(C(=O)c3ccc(OCCCCCCl)cc3)c2c1=O. The molecule has 0 saturated heterocycles. The Hall–Kier alpha value is -3.72. The highest BCUT2D eigenvalue weighted by Crippen LogP contribution is 2.27. The second-order valence-electron chi connectivity index (χ2n) is 7.04. The zero-order valence-corrected chi connectivity index (χ0v) is 17.8. The lowest BCUT2D eigenvalue weighted by Crippen LogP contribution is -2.14. The molecule has 0 bridgehead atoms. The number of anilines is 1. The van der Waals surface area contributed by atoms with Gasteiger partial charge in [0.1, 0.15) is 17.0 Å². The van der Waals surface area contributed by atoms with Crippen LogP contribution in [0.1, 0.15) is 35.2 Å². The highest BCUT2D eigenvalue weighted by molar-refractivity contribution is 6.17. The first kappa shape index (κ1) is 21.5. The molecule has 9 nitrogen and oxygen atoms in total. The average molecular weight is 454 g/mol. The van der Waals surface area contributed by atoms with E-state index in [-0.39, 0.29) is 39.6 Å². The van der Waals surface area contributed by atoms with Gasteiger partial charge in [0.15, 0.2) is 5.78 Å². The van der Waals surface area contributed by atoms with Crippen LogP contribution < -0.4 is 15.9 Å². The number of nitrogens with two attached hydrogens (primary N) is 1. The Morgan fingerprint density at radius 3 is 2.66 bits per heavy atom. The van der Waals surface area contributed by atoms with Crippen LogP contribution in [-0.4, -0.2) is 38.9 Å². The highest BCUT2D eigenvalue weighted by atomic mass is 35.5. The number of hydrogen-bond donors (Lipinski definition) is 2. The molecule has 0 amide bonds. The number of H-pyrrole nitrogens is 1. The van der Waals surface area contributed by atoms with Gasteiger partial charge in [-0.25, -0.2) is 0 Å². The van der Waals surface area contributed by atoms with Crippen molar-refractivity contribution in [3.63, 3.8) is 0 Å². The monoisotopic (exact) mass is 453 g/mol. The van der Waals surface area contributed by atoms with Gasteiger partial charge in [-0.1, -0.05) is 12.1 Å². The molecule has 10 heteroatoms. The molecule has 0 aliphatic carbocycles. The zero-order chi connectivity index (χ0) is 22.5. The molecule has 0 spiro atoms. The number of ether oxygens (including phenoxy) is 1. The second kappa shape index (κ2) is 9.61. The third kappa shape index (κ3) is 4.33. The van der Waals surface area contributed by atoms with Crippen LogP contribution >= 0.6 is 11.6 Å². The maximum Gasteiger partial charge on any atom is 0.242 e. The Morgan fingerprint density at radius 1 is 1.12 bits per heavy atom. The minimum absolute atomic E-state index is 0.00611. The second-order valence-corrected chi connectivity index (χ2v) is 7.42. The third-order valence-electron chi connectivity index (χ3n) is 4.91. The van der Waals surface area contributed by atoms with Gasteiger partial charge in [-0.3, -0.25) is 9.59 Å².